The van der Waals surface area contributed by atoms with Crippen molar-refractivity contribution in [2.45, 2.75) is 20.8 Å². The second kappa shape index (κ2) is 13.9. The van der Waals surface area contributed by atoms with Crippen molar-refractivity contribution in [3.05, 3.63) is 76.3 Å². The van der Waals surface area contributed by atoms with Crippen molar-refractivity contribution in [1.82, 2.24) is 0 Å². The molecule has 0 amide bonds. The molecule has 0 aliphatic rings. The Morgan fingerprint density at radius 3 is 1.88 bits per heavy atom. The van der Waals surface area contributed by atoms with Gasteiger partial charge in [0.15, 0.2) is 0 Å². The second-order valence-electron chi connectivity index (χ2n) is 4.86. The van der Waals surface area contributed by atoms with Crippen LogP contribution in [0.2, 0.25) is 5.02 Å². The lowest BCUT2D eigenvalue weighted by atomic mass is 10.2. The summed E-state index contributed by atoms with van der Waals surface area (Å²) in [5.41, 5.74) is 6.04. The van der Waals surface area contributed by atoms with Gasteiger partial charge in [0.1, 0.15) is 17.3 Å². The van der Waals surface area contributed by atoms with E-state index in [4.69, 9.17) is 27.0 Å². The minimum atomic E-state index is 0.0324. The summed E-state index contributed by atoms with van der Waals surface area (Å²) in [6.07, 6.45) is 2.77. The van der Waals surface area contributed by atoms with Crippen LogP contribution in [0.5, 0.6) is 11.5 Å². The number of hydrogen-bond donors (Lipinski definition) is 1. The van der Waals surface area contributed by atoms with Crippen LogP contribution in [-0.4, -0.2) is 12.3 Å². The fraction of sp³-hybridized carbons (Fsp3) is 0.211. The molecule has 0 radical (unpaired) electrons. The first-order valence-electron chi connectivity index (χ1n) is 7.56. The average molecular weight is 363 g/mol. The molecule has 0 aromatic heterocycles. The molecule has 134 valence electrons. The Hall–Kier alpha value is -2.50. The number of allylic oxidation sites excluding steroid dienone is 1. The van der Waals surface area contributed by atoms with E-state index in [9.17, 15) is 4.79 Å². The molecule has 2 rings (SSSR count). The molecule has 0 saturated heterocycles. The first-order chi connectivity index (χ1) is 11.9. The Bertz CT molecular complexity index is 610. The molecule has 6 heteroatoms. The number of nitrogens with two attached hydrogens (primary N) is 1. The number of nitroso groups, excluding NO2 is 1. The third-order valence-corrected chi connectivity index (χ3v) is 2.82. The molecule has 0 bridgehead atoms. The number of hydrogen-bond acceptors (Lipinski definition) is 5. The van der Waals surface area contributed by atoms with Gasteiger partial charge >= 0.3 is 0 Å². The number of aryl methyl sites for hydroxylation is 1. The molecule has 0 aliphatic heterocycles. The highest BCUT2D eigenvalue weighted by Gasteiger charge is 1.96. The van der Waals surface area contributed by atoms with Crippen molar-refractivity contribution in [3.8, 4) is 11.5 Å². The van der Waals surface area contributed by atoms with Gasteiger partial charge < -0.3 is 10.5 Å². The summed E-state index contributed by atoms with van der Waals surface area (Å²) in [5.74, 6) is 1.66. The largest absolute Gasteiger partial charge is 0.457 e. The first kappa shape index (κ1) is 22.5. The Morgan fingerprint density at radius 1 is 1.12 bits per heavy atom. The summed E-state index contributed by atoms with van der Waals surface area (Å²) in [6, 6.07) is 15.3. The number of ether oxygens (including phenoxy) is 1. The first-order valence-corrected chi connectivity index (χ1v) is 7.94. The topological polar surface area (TPSA) is 81.8 Å². The summed E-state index contributed by atoms with van der Waals surface area (Å²) in [4.78, 5) is 18.8. The Kier molecular flexibility index (Phi) is 12.5. The number of benzene rings is 2. The molecule has 2 aromatic carbocycles. The monoisotopic (exact) mass is 362 g/mol. The molecule has 0 saturated carbocycles. The average Bonchev–Trinajstić information content (AvgIpc) is 2.61. The van der Waals surface area contributed by atoms with Gasteiger partial charge in [0.25, 0.3) is 0 Å². The van der Waals surface area contributed by atoms with E-state index in [-0.39, 0.29) is 12.3 Å². The normalized spacial score (nSPS) is 9.32. The zero-order valence-electron chi connectivity index (χ0n) is 14.6. The highest BCUT2D eigenvalue weighted by Crippen LogP contribution is 2.22. The second-order valence-corrected chi connectivity index (χ2v) is 5.30. The smallest absolute Gasteiger partial charge is 0.143 e. The van der Waals surface area contributed by atoms with Crippen LogP contribution >= 0.6 is 11.6 Å². The summed E-state index contributed by atoms with van der Waals surface area (Å²) in [5, 5.41) is 3.14. The number of carbonyl (C=O) groups excluding carboxylic acids is 1. The van der Waals surface area contributed by atoms with E-state index in [0.29, 0.717) is 5.02 Å². The van der Waals surface area contributed by atoms with E-state index in [1.807, 2.05) is 55.5 Å². The maximum Gasteiger partial charge on any atom is 0.143 e. The SMILES string of the molecule is C/C=C\N=O.CC(=O)CN.Cc1ccc(Oc2ccc(Cl)cc2)cc1. The van der Waals surface area contributed by atoms with E-state index in [1.165, 1.54) is 18.7 Å². The number of nitrogens with zero attached hydrogens (tertiary/aromatic N) is 1. The fourth-order valence-corrected chi connectivity index (χ4v) is 1.43. The van der Waals surface area contributed by atoms with Crippen molar-refractivity contribution >= 4 is 17.4 Å². The van der Waals surface area contributed by atoms with Gasteiger partial charge in [0.05, 0.1) is 12.7 Å². The molecule has 0 unspecified atom stereocenters. The highest BCUT2D eigenvalue weighted by molar-refractivity contribution is 6.30. The van der Waals surface area contributed by atoms with Gasteiger partial charge in [0, 0.05) is 5.02 Å². The minimum absolute atomic E-state index is 0.0324. The van der Waals surface area contributed by atoms with E-state index in [0.717, 1.165) is 11.5 Å². The van der Waals surface area contributed by atoms with Gasteiger partial charge in [0.2, 0.25) is 0 Å². The number of rotatable bonds is 4. The minimum Gasteiger partial charge on any atom is -0.457 e. The zero-order chi connectivity index (χ0) is 19.1. The lowest BCUT2D eigenvalue weighted by Crippen LogP contribution is -2.07. The standard InChI is InChI=1S/C13H11ClO.C3H7NO.C3H5NO/c1-10-2-6-12(7-3-10)15-13-8-4-11(14)5-9-13;1-3(5)2-4;1-2-3-4-5/h2-9H,1H3;2,4H2,1H3;2-3H,1H3/b;;3-2-. The van der Waals surface area contributed by atoms with Crippen LogP contribution in [0.4, 0.5) is 0 Å². The molecule has 0 aliphatic carbocycles. The van der Waals surface area contributed by atoms with Crippen LogP contribution < -0.4 is 10.5 Å². The predicted octanol–water partition coefficient (Wildman–Crippen LogP) is 5.26. The quantitative estimate of drug-likeness (QED) is 0.752. The van der Waals surface area contributed by atoms with Gasteiger partial charge in [-0.25, -0.2) is 0 Å². The number of Topliss-reactive ketones (excluding diaryl/α,β-unsaturated/α-hetero) is 1. The summed E-state index contributed by atoms with van der Waals surface area (Å²) < 4.78 is 5.63. The van der Waals surface area contributed by atoms with E-state index in [2.05, 4.69) is 5.18 Å². The van der Waals surface area contributed by atoms with Crippen molar-refractivity contribution in [2.24, 2.45) is 10.9 Å². The third-order valence-electron chi connectivity index (χ3n) is 2.57. The molecule has 2 aromatic rings. The van der Waals surface area contributed by atoms with Crippen molar-refractivity contribution < 1.29 is 9.53 Å². The Morgan fingerprint density at radius 2 is 1.56 bits per heavy atom. The van der Waals surface area contributed by atoms with Crippen LogP contribution in [0, 0.1) is 11.8 Å². The summed E-state index contributed by atoms with van der Waals surface area (Å²) in [6.45, 7) is 5.41. The van der Waals surface area contributed by atoms with Crippen molar-refractivity contribution in [3.63, 3.8) is 0 Å². The molecule has 25 heavy (non-hydrogen) atoms. The molecule has 2 N–H and O–H groups in total. The molecular formula is C19H23ClN2O3. The van der Waals surface area contributed by atoms with Gasteiger partial charge in [-0.05, 0) is 62.3 Å². The summed E-state index contributed by atoms with van der Waals surface area (Å²) >= 11 is 5.78. The van der Waals surface area contributed by atoms with Crippen LogP contribution in [0.3, 0.4) is 0 Å². The third kappa shape index (κ3) is 12.6. The molecule has 0 heterocycles. The fourth-order valence-electron chi connectivity index (χ4n) is 1.31. The van der Waals surface area contributed by atoms with Gasteiger partial charge in [-0.1, -0.05) is 35.4 Å². The Labute approximate surface area is 153 Å². The van der Waals surface area contributed by atoms with Gasteiger partial charge in [-0.15, -0.1) is 4.91 Å². The molecule has 0 spiro atoms. The van der Waals surface area contributed by atoms with Gasteiger partial charge in [-0.2, -0.15) is 0 Å². The van der Waals surface area contributed by atoms with E-state index < -0.39 is 0 Å². The van der Waals surface area contributed by atoms with Crippen LogP contribution in [0.1, 0.15) is 19.4 Å². The van der Waals surface area contributed by atoms with E-state index in [1.54, 1.807) is 13.0 Å². The Balaban J connectivity index is 0.000000480. The van der Waals surface area contributed by atoms with Crippen molar-refractivity contribution in [2.75, 3.05) is 6.54 Å². The maximum absolute atomic E-state index is 9.69. The lowest BCUT2D eigenvalue weighted by Gasteiger charge is -2.05. The molecule has 0 fully saturated rings. The predicted molar refractivity (Wildman–Crippen MR) is 103 cm³/mol. The van der Waals surface area contributed by atoms with Crippen LogP contribution in [-0.2, 0) is 4.79 Å². The number of carbonyl (C=O) groups is 1. The van der Waals surface area contributed by atoms with E-state index >= 15 is 0 Å². The number of halogens is 1. The lowest BCUT2D eigenvalue weighted by molar-refractivity contribution is -0.115. The van der Waals surface area contributed by atoms with Crippen LogP contribution in [0.15, 0.2) is 66.0 Å². The van der Waals surface area contributed by atoms with Crippen LogP contribution in [0.25, 0.3) is 0 Å². The molecule has 5 nitrogen and oxygen atoms in total. The van der Waals surface area contributed by atoms with Gasteiger partial charge in [-0.3, -0.25) is 4.79 Å². The molecule has 0 atom stereocenters. The highest BCUT2D eigenvalue weighted by atomic mass is 35.5. The summed E-state index contributed by atoms with van der Waals surface area (Å²) in [7, 11) is 0. The zero-order valence-corrected chi connectivity index (χ0v) is 15.4. The van der Waals surface area contributed by atoms with Crippen molar-refractivity contribution in [1.29, 1.82) is 0 Å². The molecular weight excluding hydrogens is 340 g/mol. The maximum atomic E-state index is 9.69. The number of ketones is 1.